The monoisotopic (exact) mass is 233 g/mol. The Labute approximate surface area is 59.6 Å². The van der Waals surface area contributed by atoms with Crippen LogP contribution in [0.15, 0.2) is 0 Å². The Balaban J connectivity index is 0. The van der Waals surface area contributed by atoms with Crippen LogP contribution in [0.1, 0.15) is 0 Å². The van der Waals surface area contributed by atoms with Crippen LogP contribution in [0.3, 0.4) is 0 Å². The molecule has 0 heterocycles. The Bertz CT molecular complexity index is 8.00. The van der Waals surface area contributed by atoms with Gasteiger partial charge in [-0.2, -0.15) is 0 Å². The first-order valence-corrected chi connectivity index (χ1v) is 0. The van der Waals surface area contributed by atoms with Crippen molar-refractivity contribution in [2.24, 2.45) is 0 Å². The molecule has 0 atom stereocenters. The van der Waals surface area contributed by atoms with Gasteiger partial charge in [-0.3, -0.25) is 0 Å². The van der Waals surface area contributed by atoms with E-state index in [0.717, 1.165) is 0 Å². The second-order valence-corrected chi connectivity index (χ2v) is 0. The minimum absolute atomic E-state index is 0. The van der Waals surface area contributed by atoms with Crippen molar-refractivity contribution in [3.8, 4) is 0 Å². The fourth-order valence-electron chi connectivity index (χ4n) is 0. The van der Waals surface area contributed by atoms with E-state index in [-0.39, 0.29) is 59.8 Å². The van der Waals surface area contributed by atoms with Gasteiger partial charge in [-0.1, -0.05) is 0 Å². The molecule has 0 spiro atoms. The van der Waals surface area contributed by atoms with Gasteiger partial charge in [-0.15, -0.1) is 0 Å². The topological polar surface area (TPSA) is 31.5 Å². The molecule has 1 nitrogen and oxygen atoms in total. The van der Waals surface area contributed by atoms with E-state index in [9.17, 15) is 0 Å². The minimum atomic E-state index is 0. The summed E-state index contributed by atoms with van der Waals surface area (Å²) in [6.45, 7) is 0. The van der Waals surface area contributed by atoms with Gasteiger partial charge >= 0.3 is 0 Å². The Morgan fingerprint density at radius 3 is 1.00 bits per heavy atom. The third kappa shape index (κ3) is 9.42. The van der Waals surface area contributed by atoms with Gasteiger partial charge in [0.1, 0.15) is 0 Å². The minimum Gasteiger partial charge on any atom is -0.412 e. The van der Waals surface area contributed by atoms with E-state index in [4.69, 9.17) is 0 Å². The second-order valence-electron chi connectivity index (χ2n) is 0. The van der Waals surface area contributed by atoms with Crippen molar-refractivity contribution < 1.29 is 59.8 Å². The predicted octanol–water partition coefficient (Wildman–Crippen LogP) is -0.832. The third-order valence-corrected chi connectivity index (χ3v) is 0. The molecule has 0 bridgehead atoms. The molecule has 0 aromatic heterocycles. The van der Waals surface area contributed by atoms with Gasteiger partial charge in [0.05, 0.1) is 0 Å². The molecule has 2 N–H and O–H groups in total. The fourth-order valence-corrected chi connectivity index (χ4v) is 0. The Kier molecular flexibility index (Phi) is 256. The normalized spacial score (nSPS) is 0. The summed E-state index contributed by atoms with van der Waals surface area (Å²) >= 11 is 0. The van der Waals surface area contributed by atoms with Crippen LogP contribution < -0.4 is 0 Å². The van der Waals surface area contributed by atoms with E-state index in [2.05, 4.69) is 0 Å². The molecule has 0 aliphatic carbocycles. The van der Waals surface area contributed by atoms with Gasteiger partial charge in [0.25, 0.3) is 0 Å². The van der Waals surface area contributed by atoms with E-state index in [1.807, 2.05) is 0 Å². The maximum atomic E-state index is 0. The molecular weight excluding hydrogens is 230 g/mol. The van der Waals surface area contributed by atoms with Crippen molar-refractivity contribution in [1.82, 2.24) is 0 Å². The van der Waals surface area contributed by atoms with Gasteiger partial charge < -0.3 is 5.48 Å². The zero-order valence-electron chi connectivity index (χ0n) is 1.56. The first kappa shape index (κ1) is 44.9. The molecule has 33 valence electrons. The molecule has 0 unspecified atom stereocenters. The molecule has 0 aromatic rings. The summed E-state index contributed by atoms with van der Waals surface area (Å²) in [6.07, 6.45) is 0. The molecule has 0 aliphatic rings. The average Bonchev–Trinajstić information content (AvgIpc) is 0. The van der Waals surface area contributed by atoms with Crippen LogP contribution in [0, 0.1) is 0 Å². The van der Waals surface area contributed by atoms with Crippen molar-refractivity contribution in [2.75, 3.05) is 0 Å². The van der Waals surface area contributed by atoms with Gasteiger partial charge in [-0.25, -0.2) is 0 Å². The average molecular weight is 232 g/mol. The second kappa shape index (κ2) is 22.8. The van der Waals surface area contributed by atoms with Gasteiger partial charge in [0.15, 0.2) is 0 Å². The standard InChI is InChI=1S/Co.Mo.Ni.H2O/h;;;1H2. The van der Waals surface area contributed by atoms with Crippen LogP contribution in [0.5, 0.6) is 0 Å². The third-order valence-electron chi connectivity index (χ3n) is 0. The zero-order chi connectivity index (χ0) is 0. The number of hydrogen-bond donors (Lipinski definition) is 0. The van der Waals surface area contributed by atoms with Crippen molar-refractivity contribution >= 4 is 0 Å². The number of hydrogen-bond acceptors (Lipinski definition) is 0. The SMILES string of the molecule is O.[Co].[Mo].[Ni]. The van der Waals surface area contributed by atoms with Crippen LogP contribution >= 0.6 is 0 Å². The first-order chi connectivity index (χ1) is 0. The summed E-state index contributed by atoms with van der Waals surface area (Å²) in [5, 5.41) is 0. The quantitative estimate of drug-likeness (QED) is 0.488. The summed E-state index contributed by atoms with van der Waals surface area (Å²) in [6, 6.07) is 0. The van der Waals surface area contributed by atoms with Gasteiger partial charge in [-0.05, 0) is 0 Å². The van der Waals surface area contributed by atoms with Crippen molar-refractivity contribution in [3.05, 3.63) is 0 Å². The zero-order valence-corrected chi connectivity index (χ0v) is 5.59. The first-order valence-electron chi connectivity index (χ1n) is 0. The molecule has 0 fully saturated rings. The van der Waals surface area contributed by atoms with Crippen molar-refractivity contribution in [2.45, 2.75) is 0 Å². The van der Waals surface area contributed by atoms with Gasteiger partial charge in [0, 0.05) is 54.3 Å². The number of rotatable bonds is 0. The molecule has 0 aromatic carbocycles. The van der Waals surface area contributed by atoms with Gasteiger partial charge in [0.2, 0.25) is 0 Å². The van der Waals surface area contributed by atoms with E-state index in [1.54, 1.807) is 0 Å². The van der Waals surface area contributed by atoms with E-state index >= 15 is 0 Å². The van der Waals surface area contributed by atoms with E-state index < -0.39 is 0 Å². The van der Waals surface area contributed by atoms with Crippen LogP contribution in [0.4, 0.5) is 0 Å². The predicted molar refractivity (Wildman–Crippen MR) is 3.61 cm³/mol. The molecule has 0 amide bonds. The molecule has 0 aliphatic heterocycles. The van der Waals surface area contributed by atoms with Crippen LogP contribution in [-0.2, 0) is 54.3 Å². The smallest absolute Gasteiger partial charge is 0 e. The van der Waals surface area contributed by atoms with E-state index in [0.29, 0.717) is 0 Å². The maximum Gasteiger partial charge on any atom is 0 e. The maximum absolute atomic E-state index is 0. The van der Waals surface area contributed by atoms with Crippen molar-refractivity contribution in [3.63, 3.8) is 0 Å². The van der Waals surface area contributed by atoms with E-state index in [1.165, 1.54) is 0 Å². The molecule has 4 heavy (non-hydrogen) atoms. The van der Waals surface area contributed by atoms with Crippen LogP contribution in [-0.4, -0.2) is 5.48 Å². The molecule has 0 rings (SSSR count). The summed E-state index contributed by atoms with van der Waals surface area (Å²) in [5.41, 5.74) is 0. The summed E-state index contributed by atoms with van der Waals surface area (Å²) < 4.78 is 0. The Morgan fingerprint density at radius 1 is 1.00 bits per heavy atom. The molecule has 0 saturated heterocycles. The molecule has 4 heteroatoms. The Hall–Kier alpha value is 1.65. The molecule has 0 saturated carbocycles. The summed E-state index contributed by atoms with van der Waals surface area (Å²) in [4.78, 5) is 0. The molecule has 1 radical (unpaired) electrons. The van der Waals surface area contributed by atoms with Crippen LogP contribution in [0.25, 0.3) is 0 Å². The van der Waals surface area contributed by atoms with Crippen molar-refractivity contribution in [1.29, 1.82) is 0 Å². The fraction of sp³-hybridized carbons (Fsp3) is 0. The summed E-state index contributed by atoms with van der Waals surface area (Å²) in [7, 11) is 0. The molecular formula is H2CoMoNiO. The summed E-state index contributed by atoms with van der Waals surface area (Å²) in [5.74, 6) is 0. The van der Waals surface area contributed by atoms with Crippen LogP contribution in [0.2, 0.25) is 0 Å². The Morgan fingerprint density at radius 2 is 1.00 bits per heavy atom. The largest absolute Gasteiger partial charge is 0.412 e.